The summed E-state index contributed by atoms with van der Waals surface area (Å²) < 4.78 is 46.9. The lowest BCUT2D eigenvalue weighted by atomic mass is 10.1. The number of hydrogen-bond donors (Lipinski definition) is 1. The van der Waals surface area contributed by atoms with Gasteiger partial charge in [-0.3, -0.25) is 0 Å². The van der Waals surface area contributed by atoms with Gasteiger partial charge >= 0.3 is 6.18 Å². The monoisotopic (exact) mass is 291 g/mol. The average Bonchev–Trinajstić information content (AvgIpc) is 2.37. The number of halogens is 3. The smallest absolute Gasteiger partial charge is 0.392 e. The molecule has 0 saturated carbocycles. The Labute approximate surface area is 117 Å². The lowest BCUT2D eigenvalue weighted by molar-refractivity contribution is -0.139. The van der Waals surface area contributed by atoms with Gasteiger partial charge in [-0.2, -0.15) is 13.2 Å². The Balaban J connectivity index is 2.83. The largest absolute Gasteiger partial charge is 0.497 e. The van der Waals surface area contributed by atoms with Crippen molar-refractivity contribution in [1.29, 1.82) is 0 Å². The predicted molar refractivity (Wildman–Crippen MR) is 71.3 cm³/mol. The van der Waals surface area contributed by atoms with Crippen molar-refractivity contribution in [2.45, 2.75) is 32.5 Å². The van der Waals surface area contributed by atoms with Gasteiger partial charge in [-0.15, -0.1) is 0 Å². The molecule has 20 heavy (non-hydrogen) atoms. The summed E-state index contributed by atoms with van der Waals surface area (Å²) in [5, 5.41) is 3.20. The highest BCUT2D eigenvalue weighted by Crippen LogP contribution is 2.30. The van der Waals surface area contributed by atoms with Crippen molar-refractivity contribution in [3.05, 3.63) is 23.8 Å². The predicted octanol–water partition coefficient (Wildman–Crippen LogP) is 3.70. The van der Waals surface area contributed by atoms with E-state index >= 15 is 0 Å². The maximum absolute atomic E-state index is 12.2. The molecule has 1 unspecified atom stereocenters. The second-order valence-electron chi connectivity index (χ2n) is 4.40. The fourth-order valence-corrected chi connectivity index (χ4v) is 1.82. The third-order valence-electron chi connectivity index (χ3n) is 2.84. The number of ether oxygens (including phenoxy) is 2. The van der Waals surface area contributed by atoms with Crippen LogP contribution in [-0.2, 0) is 0 Å². The first-order chi connectivity index (χ1) is 9.37. The molecule has 0 aromatic heterocycles. The summed E-state index contributed by atoms with van der Waals surface area (Å²) in [5.74, 6) is 0.974. The van der Waals surface area contributed by atoms with Crippen LogP contribution in [0.1, 0.15) is 31.9 Å². The fraction of sp³-hybridized carbons (Fsp3) is 0.571. The molecule has 1 aromatic rings. The number of methoxy groups -OCH3 is 1. The Morgan fingerprint density at radius 3 is 2.55 bits per heavy atom. The van der Waals surface area contributed by atoms with Gasteiger partial charge in [-0.05, 0) is 19.5 Å². The minimum absolute atomic E-state index is 0.00760. The summed E-state index contributed by atoms with van der Waals surface area (Å²) in [6.45, 7) is 4.25. The van der Waals surface area contributed by atoms with Gasteiger partial charge in [0.05, 0.1) is 20.1 Å². The van der Waals surface area contributed by atoms with Crippen LogP contribution in [0.4, 0.5) is 13.2 Å². The van der Waals surface area contributed by atoms with Gasteiger partial charge in [0.25, 0.3) is 0 Å². The first kappa shape index (κ1) is 16.6. The highest BCUT2D eigenvalue weighted by Gasteiger charge is 2.27. The number of alkyl halides is 3. The molecule has 3 nitrogen and oxygen atoms in total. The molecule has 0 spiro atoms. The lowest BCUT2D eigenvalue weighted by Crippen LogP contribution is -2.19. The summed E-state index contributed by atoms with van der Waals surface area (Å²) in [7, 11) is 1.50. The van der Waals surface area contributed by atoms with E-state index in [-0.39, 0.29) is 6.04 Å². The summed E-state index contributed by atoms with van der Waals surface area (Å²) in [5.41, 5.74) is 0.815. The Morgan fingerprint density at radius 1 is 1.30 bits per heavy atom. The molecule has 0 radical (unpaired) electrons. The van der Waals surface area contributed by atoms with Crippen LogP contribution in [0.5, 0.6) is 11.5 Å². The van der Waals surface area contributed by atoms with E-state index in [4.69, 9.17) is 9.47 Å². The summed E-state index contributed by atoms with van der Waals surface area (Å²) in [6.07, 6.45) is -5.19. The van der Waals surface area contributed by atoms with Crippen LogP contribution in [0.2, 0.25) is 0 Å². The Kier molecular flexibility index (Phi) is 6.13. The van der Waals surface area contributed by atoms with Gasteiger partial charge in [0.1, 0.15) is 11.5 Å². The number of hydrogen-bond acceptors (Lipinski definition) is 3. The van der Waals surface area contributed by atoms with Gasteiger partial charge in [-0.1, -0.05) is 13.0 Å². The molecular weight excluding hydrogens is 271 g/mol. The molecule has 114 valence electrons. The van der Waals surface area contributed by atoms with E-state index in [9.17, 15) is 13.2 Å². The van der Waals surface area contributed by atoms with E-state index in [0.29, 0.717) is 11.5 Å². The van der Waals surface area contributed by atoms with Crippen molar-refractivity contribution in [2.24, 2.45) is 0 Å². The van der Waals surface area contributed by atoms with Gasteiger partial charge in [0.15, 0.2) is 0 Å². The number of rotatable bonds is 7. The first-order valence-corrected chi connectivity index (χ1v) is 6.48. The summed E-state index contributed by atoms with van der Waals surface area (Å²) in [6, 6.07) is 5.17. The summed E-state index contributed by atoms with van der Waals surface area (Å²) >= 11 is 0. The Bertz CT molecular complexity index is 421. The number of nitrogens with one attached hydrogen (secondary N) is 1. The third kappa shape index (κ3) is 5.28. The Morgan fingerprint density at radius 2 is 2.00 bits per heavy atom. The topological polar surface area (TPSA) is 30.5 Å². The fourth-order valence-electron chi connectivity index (χ4n) is 1.82. The van der Waals surface area contributed by atoms with Crippen molar-refractivity contribution in [2.75, 3.05) is 20.3 Å². The van der Waals surface area contributed by atoms with E-state index < -0.39 is 19.2 Å². The van der Waals surface area contributed by atoms with Crippen LogP contribution in [0, 0.1) is 0 Å². The molecule has 0 saturated heterocycles. The highest BCUT2D eigenvalue weighted by molar-refractivity contribution is 5.42. The van der Waals surface area contributed by atoms with Crippen LogP contribution < -0.4 is 14.8 Å². The molecule has 1 atom stereocenters. The second kappa shape index (κ2) is 7.38. The zero-order chi connectivity index (χ0) is 15.2. The molecule has 0 aliphatic rings. The zero-order valence-electron chi connectivity index (χ0n) is 11.9. The van der Waals surface area contributed by atoms with E-state index in [0.717, 1.165) is 12.1 Å². The SMILES string of the molecule is CCNC(C)c1ccc(OC)cc1OCCC(F)(F)F. The van der Waals surface area contributed by atoms with Crippen LogP contribution >= 0.6 is 0 Å². The molecule has 1 aromatic carbocycles. The minimum atomic E-state index is -4.22. The molecule has 6 heteroatoms. The molecular formula is C14H20F3NO2. The van der Waals surface area contributed by atoms with Gasteiger partial charge in [0.2, 0.25) is 0 Å². The Hall–Kier alpha value is -1.43. The van der Waals surface area contributed by atoms with E-state index in [2.05, 4.69) is 5.32 Å². The first-order valence-electron chi connectivity index (χ1n) is 6.48. The molecule has 0 bridgehead atoms. The van der Waals surface area contributed by atoms with Crippen molar-refractivity contribution in [1.82, 2.24) is 5.32 Å². The van der Waals surface area contributed by atoms with Crippen molar-refractivity contribution >= 4 is 0 Å². The van der Waals surface area contributed by atoms with Crippen LogP contribution in [0.25, 0.3) is 0 Å². The highest BCUT2D eigenvalue weighted by atomic mass is 19.4. The quantitative estimate of drug-likeness (QED) is 0.831. The van der Waals surface area contributed by atoms with Gasteiger partial charge in [0, 0.05) is 17.7 Å². The normalized spacial score (nSPS) is 13.1. The number of benzene rings is 1. The van der Waals surface area contributed by atoms with Crippen LogP contribution in [0.15, 0.2) is 18.2 Å². The molecule has 0 aliphatic heterocycles. The molecule has 0 fully saturated rings. The van der Waals surface area contributed by atoms with E-state index in [1.165, 1.54) is 7.11 Å². The second-order valence-corrected chi connectivity index (χ2v) is 4.40. The van der Waals surface area contributed by atoms with Gasteiger partial charge in [-0.25, -0.2) is 0 Å². The van der Waals surface area contributed by atoms with Crippen molar-refractivity contribution < 1.29 is 22.6 Å². The van der Waals surface area contributed by atoms with Gasteiger partial charge < -0.3 is 14.8 Å². The molecule has 1 N–H and O–H groups in total. The maximum atomic E-state index is 12.2. The maximum Gasteiger partial charge on any atom is 0.392 e. The van der Waals surface area contributed by atoms with E-state index in [1.54, 1.807) is 18.2 Å². The summed E-state index contributed by atoms with van der Waals surface area (Å²) in [4.78, 5) is 0. The van der Waals surface area contributed by atoms with Crippen LogP contribution in [-0.4, -0.2) is 26.4 Å². The standard InChI is InChI=1S/C14H20F3NO2/c1-4-18-10(2)12-6-5-11(19-3)9-13(12)20-8-7-14(15,16)17/h5-6,9-10,18H,4,7-8H2,1-3H3. The van der Waals surface area contributed by atoms with Crippen LogP contribution in [0.3, 0.4) is 0 Å². The zero-order valence-corrected chi connectivity index (χ0v) is 11.9. The molecule has 1 rings (SSSR count). The average molecular weight is 291 g/mol. The van der Waals surface area contributed by atoms with Crippen molar-refractivity contribution in [3.8, 4) is 11.5 Å². The molecule has 0 aliphatic carbocycles. The van der Waals surface area contributed by atoms with Crippen molar-refractivity contribution in [3.63, 3.8) is 0 Å². The molecule has 0 amide bonds. The third-order valence-corrected chi connectivity index (χ3v) is 2.84. The minimum Gasteiger partial charge on any atom is -0.497 e. The van der Waals surface area contributed by atoms with E-state index in [1.807, 2.05) is 13.8 Å². The lowest BCUT2D eigenvalue weighted by Gasteiger charge is -2.19. The molecule has 0 heterocycles.